The van der Waals surface area contributed by atoms with Gasteiger partial charge in [-0.15, -0.1) is 0 Å². The molecule has 1 aromatic rings. The molecule has 4 N–H and O–H groups in total. The van der Waals surface area contributed by atoms with Gasteiger partial charge in [0.2, 0.25) is 0 Å². The maximum Gasteiger partial charge on any atom is 0.136 e. The molecule has 0 fully saturated rings. The molecule has 1 rings (SSSR count). The molecule has 0 spiro atoms. The first-order chi connectivity index (χ1) is 7.29. The van der Waals surface area contributed by atoms with Crippen LogP contribution in [0.2, 0.25) is 0 Å². The summed E-state index contributed by atoms with van der Waals surface area (Å²) in [5.74, 6) is 0.835. The van der Waals surface area contributed by atoms with E-state index in [1.807, 2.05) is 6.07 Å². The molecule has 0 aliphatic rings. The van der Waals surface area contributed by atoms with Crippen molar-refractivity contribution < 1.29 is 9.52 Å². The third-order valence-electron chi connectivity index (χ3n) is 2.17. The maximum absolute atomic E-state index is 8.64. The summed E-state index contributed by atoms with van der Waals surface area (Å²) in [5, 5.41) is 11.9. The summed E-state index contributed by atoms with van der Waals surface area (Å²) in [7, 11) is 0. The van der Waals surface area contributed by atoms with Gasteiger partial charge in [-0.2, -0.15) is 0 Å². The number of aliphatic hydroxyl groups excluding tert-OH is 1. The van der Waals surface area contributed by atoms with E-state index in [0.29, 0.717) is 6.54 Å². The number of nitrogens with one attached hydrogen (secondary N) is 1. The molecule has 86 valence electrons. The molecule has 0 aromatic carbocycles. The molecule has 0 aliphatic heterocycles. The van der Waals surface area contributed by atoms with Crippen LogP contribution in [0.4, 0.5) is 0 Å². The predicted octanol–water partition coefficient (Wildman–Crippen LogP) is 1.40. The molecule has 5 heteroatoms. The summed E-state index contributed by atoms with van der Waals surface area (Å²) in [6, 6.07) is 1.89. The number of aliphatic hydroxyl groups is 1. The average molecular weight is 277 g/mol. The van der Waals surface area contributed by atoms with E-state index in [-0.39, 0.29) is 12.6 Å². The third kappa shape index (κ3) is 3.95. The molecule has 15 heavy (non-hydrogen) atoms. The van der Waals surface area contributed by atoms with Crippen LogP contribution in [0, 0.1) is 0 Å². The van der Waals surface area contributed by atoms with Crippen molar-refractivity contribution in [2.24, 2.45) is 5.73 Å². The van der Waals surface area contributed by atoms with Crippen LogP contribution in [0.25, 0.3) is 0 Å². The van der Waals surface area contributed by atoms with Crippen LogP contribution in [-0.4, -0.2) is 24.8 Å². The highest BCUT2D eigenvalue weighted by molar-refractivity contribution is 9.10. The van der Waals surface area contributed by atoms with Crippen molar-refractivity contribution in [2.45, 2.75) is 18.9 Å². The fourth-order valence-corrected chi connectivity index (χ4v) is 1.83. The molecule has 1 atom stereocenters. The first-order valence-electron chi connectivity index (χ1n) is 5.06. The Hall–Kier alpha value is -0.360. The fourth-order valence-electron chi connectivity index (χ4n) is 1.35. The van der Waals surface area contributed by atoms with Gasteiger partial charge in [-0.1, -0.05) is 0 Å². The minimum absolute atomic E-state index is 0.0352. The average Bonchev–Trinajstić information content (AvgIpc) is 2.65. The second kappa shape index (κ2) is 7.00. The molecule has 4 nitrogen and oxygen atoms in total. The summed E-state index contributed by atoms with van der Waals surface area (Å²) in [4.78, 5) is 0. The van der Waals surface area contributed by atoms with E-state index in [1.54, 1.807) is 6.26 Å². The quantitative estimate of drug-likeness (QED) is 0.659. The lowest BCUT2D eigenvalue weighted by Crippen LogP contribution is -2.29. The monoisotopic (exact) mass is 276 g/mol. The van der Waals surface area contributed by atoms with Crippen molar-refractivity contribution in [3.63, 3.8) is 0 Å². The van der Waals surface area contributed by atoms with Crippen molar-refractivity contribution in [3.8, 4) is 0 Å². The highest BCUT2D eigenvalue weighted by Gasteiger charge is 2.15. The number of rotatable bonds is 7. The van der Waals surface area contributed by atoms with E-state index in [0.717, 1.165) is 29.6 Å². The molecule has 1 heterocycles. The van der Waals surface area contributed by atoms with Gasteiger partial charge in [0.1, 0.15) is 5.76 Å². The second-order valence-electron chi connectivity index (χ2n) is 3.31. The summed E-state index contributed by atoms with van der Waals surface area (Å²) in [6.07, 6.45) is 3.38. The Morgan fingerprint density at radius 2 is 2.33 bits per heavy atom. The van der Waals surface area contributed by atoms with Crippen molar-refractivity contribution in [1.82, 2.24) is 5.32 Å². The van der Waals surface area contributed by atoms with Crippen LogP contribution in [0.15, 0.2) is 21.2 Å². The molecule has 0 aliphatic carbocycles. The standard InChI is InChI=1S/C10H17BrN2O2/c11-8-3-6-15-10(8)9(7-12)13-4-1-2-5-14/h3,6,9,13-14H,1-2,4-5,7,12H2. The lowest BCUT2D eigenvalue weighted by atomic mass is 10.2. The minimum Gasteiger partial charge on any atom is -0.466 e. The Morgan fingerprint density at radius 1 is 1.53 bits per heavy atom. The number of hydrogen-bond donors (Lipinski definition) is 3. The number of unbranched alkanes of at least 4 members (excludes halogenated alkanes) is 1. The van der Waals surface area contributed by atoms with Crippen LogP contribution in [0.1, 0.15) is 24.6 Å². The van der Waals surface area contributed by atoms with Crippen molar-refractivity contribution in [2.75, 3.05) is 19.7 Å². The van der Waals surface area contributed by atoms with Gasteiger partial charge in [-0.05, 0) is 41.4 Å². The Balaban J connectivity index is 2.39. The highest BCUT2D eigenvalue weighted by Crippen LogP contribution is 2.23. The van der Waals surface area contributed by atoms with Gasteiger partial charge in [0.15, 0.2) is 0 Å². The first kappa shape index (κ1) is 12.7. The van der Waals surface area contributed by atoms with Crippen LogP contribution in [0.5, 0.6) is 0 Å². The van der Waals surface area contributed by atoms with E-state index in [1.165, 1.54) is 0 Å². The van der Waals surface area contributed by atoms with Gasteiger partial charge in [-0.25, -0.2) is 0 Å². The van der Waals surface area contributed by atoms with E-state index >= 15 is 0 Å². The number of nitrogens with two attached hydrogens (primary N) is 1. The molecule has 0 amide bonds. The van der Waals surface area contributed by atoms with Gasteiger partial charge in [0.05, 0.1) is 16.8 Å². The summed E-state index contributed by atoms with van der Waals surface area (Å²) in [6.45, 7) is 1.56. The Bertz CT molecular complexity index is 278. The highest BCUT2D eigenvalue weighted by atomic mass is 79.9. The minimum atomic E-state index is 0.0352. The molecule has 1 aromatic heterocycles. The number of halogens is 1. The Kier molecular flexibility index (Phi) is 5.93. The van der Waals surface area contributed by atoms with Crippen LogP contribution in [0.3, 0.4) is 0 Å². The third-order valence-corrected chi connectivity index (χ3v) is 2.83. The Morgan fingerprint density at radius 3 is 2.87 bits per heavy atom. The summed E-state index contributed by atoms with van der Waals surface area (Å²) < 4.78 is 6.27. The van der Waals surface area contributed by atoms with Crippen molar-refractivity contribution >= 4 is 15.9 Å². The van der Waals surface area contributed by atoms with Gasteiger partial charge >= 0.3 is 0 Å². The van der Waals surface area contributed by atoms with E-state index in [2.05, 4.69) is 21.2 Å². The summed E-state index contributed by atoms with van der Waals surface area (Å²) in [5.41, 5.74) is 5.65. The van der Waals surface area contributed by atoms with Crippen LogP contribution >= 0.6 is 15.9 Å². The lowest BCUT2D eigenvalue weighted by molar-refractivity contribution is 0.282. The molecular weight excluding hydrogens is 260 g/mol. The van der Waals surface area contributed by atoms with Gasteiger partial charge in [0.25, 0.3) is 0 Å². The zero-order chi connectivity index (χ0) is 11.1. The van der Waals surface area contributed by atoms with Gasteiger partial charge < -0.3 is 20.6 Å². The van der Waals surface area contributed by atoms with Crippen LogP contribution in [-0.2, 0) is 0 Å². The van der Waals surface area contributed by atoms with Crippen molar-refractivity contribution in [3.05, 3.63) is 22.6 Å². The van der Waals surface area contributed by atoms with Crippen LogP contribution < -0.4 is 11.1 Å². The number of furan rings is 1. The SMILES string of the molecule is NCC(NCCCCO)c1occc1Br. The smallest absolute Gasteiger partial charge is 0.136 e. The molecule has 0 bridgehead atoms. The second-order valence-corrected chi connectivity index (χ2v) is 4.16. The molecule has 1 unspecified atom stereocenters. The fraction of sp³-hybridized carbons (Fsp3) is 0.600. The lowest BCUT2D eigenvalue weighted by Gasteiger charge is -2.14. The zero-order valence-corrected chi connectivity index (χ0v) is 10.2. The largest absolute Gasteiger partial charge is 0.466 e. The first-order valence-corrected chi connectivity index (χ1v) is 5.86. The van der Waals surface area contributed by atoms with E-state index < -0.39 is 0 Å². The van der Waals surface area contributed by atoms with E-state index in [9.17, 15) is 0 Å². The molecule has 0 saturated carbocycles. The summed E-state index contributed by atoms with van der Waals surface area (Å²) >= 11 is 3.40. The normalized spacial score (nSPS) is 13.0. The van der Waals surface area contributed by atoms with E-state index in [4.69, 9.17) is 15.3 Å². The molecule has 0 saturated heterocycles. The van der Waals surface area contributed by atoms with Gasteiger partial charge in [-0.3, -0.25) is 0 Å². The zero-order valence-electron chi connectivity index (χ0n) is 8.58. The predicted molar refractivity (Wildman–Crippen MR) is 62.5 cm³/mol. The maximum atomic E-state index is 8.64. The Labute approximate surface area is 98.0 Å². The van der Waals surface area contributed by atoms with Crippen molar-refractivity contribution in [1.29, 1.82) is 0 Å². The molecular formula is C10H17BrN2O2. The van der Waals surface area contributed by atoms with Gasteiger partial charge in [0, 0.05) is 13.2 Å². The molecule has 0 radical (unpaired) electrons. The number of hydrogen-bond acceptors (Lipinski definition) is 4. The topological polar surface area (TPSA) is 71.4 Å².